The normalized spacial score (nSPS) is 15.6. The summed E-state index contributed by atoms with van der Waals surface area (Å²) in [4.78, 5) is 23.0. The van der Waals surface area contributed by atoms with E-state index in [0.717, 1.165) is 26.9 Å². The molecule has 3 N–H and O–H groups in total. The Morgan fingerprint density at radius 3 is 2.63 bits per heavy atom. The number of halogens is 1. The number of benzene rings is 2. The van der Waals surface area contributed by atoms with Gasteiger partial charge in [-0.05, 0) is 36.8 Å². The number of amides is 1. The lowest BCUT2D eigenvalue weighted by atomic mass is 10.0. The third-order valence-corrected chi connectivity index (χ3v) is 4.91. The van der Waals surface area contributed by atoms with Crippen LogP contribution in [0.2, 0.25) is 0 Å². The van der Waals surface area contributed by atoms with Crippen molar-refractivity contribution in [1.82, 2.24) is 15.5 Å². The summed E-state index contributed by atoms with van der Waals surface area (Å²) in [6, 6.07) is 9.88. The predicted octanol–water partition coefficient (Wildman–Crippen LogP) is 3.91. The number of rotatable bonds is 3. The molecule has 9 heteroatoms. The minimum Gasteiger partial charge on any atom is -0.361 e. The van der Waals surface area contributed by atoms with E-state index in [1.165, 1.54) is 12.1 Å². The average Bonchev–Trinajstić information content (AvgIpc) is 3.12. The standard InChI is InChI=1S/C18H14BrN5O3/c1-9-6-11(19)7-13-15(9)21-17(22-18(13)25)14-8-20-23-16(14)10-2-4-12(5-3-10)24(26)27/h2-8,17,21H,1H3,(H,20,23)(H,22,25). The van der Waals surface area contributed by atoms with Crippen LogP contribution in [-0.4, -0.2) is 21.0 Å². The van der Waals surface area contributed by atoms with Crippen LogP contribution in [0.25, 0.3) is 11.3 Å². The van der Waals surface area contributed by atoms with Crippen LogP contribution < -0.4 is 10.6 Å². The average molecular weight is 428 g/mol. The van der Waals surface area contributed by atoms with Crippen LogP contribution in [0.3, 0.4) is 0 Å². The summed E-state index contributed by atoms with van der Waals surface area (Å²) in [5.41, 5.74) is 4.45. The van der Waals surface area contributed by atoms with Crippen LogP contribution in [-0.2, 0) is 0 Å². The minimum absolute atomic E-state index is 0.0130. The van der Waals surface area contributed by atoms with E-state index in [9.17, 15) is 14.9 Å². The van der Waals surface area contributed by atoms with Gasteiger partial charge in [-0.1, -0.05) is 15.9 Å². The van der Waals surface area contributed by atoms with Crippen LogP contribution >= 0.6 is 15.9 Å². The van der Waals surface area contributed by atoms with E-state index in [0.29, 0.717) is 11.3 Å². The zero-order valence-electron chi connectivity index (χ0n) is 14.1. The number of aromatic nitrogens is 2. The molecule has 1 atom stereocenters. The highest BCUT2D eigenvalue weighted by molar-refractivity contribution is 9.10. The zero-order valence-corrected chi connectivity index (χ0v) is 15.7. The summed E-state index contributed by atoms with van der Waals surface area (Å²) in [6.07, 6.45) is 1.15. The van der Waals surface area contributed by atoms with Crippen LogP contribution in [0.5, 0.6) is 0 Å². The maximum absolute atomic E-state index is 12.6. The number of nitrogens with zero attached hydrogens (tertiary/aromatic N) is 2. The van der Waals surface area contributed by atoms with E-state index < -0.39 is 11.1 Å². The van der Waals surface area contributed by atoms with Crippen LogP contribution in [0.4, 0.5) is 11.4 Å². The van der Waals surface area contributed by atoms with Gasteiger partial charge in [0.25, 0.3) is 11.6 Å². The van der Waals surface area contributed by atoms with Crippen LogP contribution in [0, 0.1) is 17.0 Å². The molecule has 1 aliphatic heterocycles. The van der Waals surface area contributed by atoms with Crippen molar-refractivity contribution in [3.63, 3.8) is 0 Å². The first-order valence-electron chi connectivity index (χ1n) is 8.09. The van der Waals surface area contributed by atoms with Gasteiger partial charge in [0.15, 0.2) is 0 Å². The molecule has 8 nitrogen and oxygen atoms in total. The molecule has 1 aromatic heterocycles. The second kappa shape index (κ2) is 6.51. The molecule has 1 aliphatic rings. The molecule has 0 radical (unpaired) electrons. The molecule has 136 valence electrons. The molecular weight excluding hydrogens is 414 g/mol. The topological polar surface area (TPSA) is 113 Å². The Kier molecular flexibility index (Phi) is 4.15. The van der Waals surface area contributed by atoms with Gasteiger partial charge >= 0.3 is 0 Å². The van der Waals surface area contributed by atoms with Crippen molar-refractivity contribution in [2.24, 2.45) is 0 Å². The molecule has 0 saturated heterocycles. The van der Waals surface area contributed by atoms with Crippen molar-refractivity contribution < 1.29 is 9.72 Å². The molecule has 3 aromatic rings. The molecule has 0 bridgehead atoms. The lowest BCUT2D eigenvalue weighted by Gasteiger charge is -2.29. The van der Waals surface area contributed by atoms with Gasteiger partial charge in [0, 0.05) is 27.7 Å². The highest BCUT2D eigenvalue weighted by atomic mass is 79.9. The molecular formula is C18H14BrN5O3. The molecule has 27 heavy (non-hydrogen) atoms. The number of H-pyrrole nitrogens is 1. The Balaban J connectivity index is 1.71. The van der Waals surface area contributed by atoms with Gasteiger partial charge in [-0.3, -0.25) is 20.0 Å². The Morgan fingerprint density at radius 1 is 1.19 bits per heavy atom. The number of nitro benzene ring substituents is 1. The van der Waals surface area contributed by atoms with E-state index in [1.807, 2.05) is 13.0 Å². The van der Waals surface area contributed by atoms with Crippen molar-refractivity contribution in [3.8, 4) is 11.3 Å². The van der Waals surface area contributed by atoms with E-state index >= 15 is 0 Å². The molecule has 2 aromatic carbocycles. The summed E-state index contributed by atoms with van der Waals surface area (Å²) >= 11 is 3.41. The number of nitro groups is 1. The van der Waals surface area contributed by atoms with Crippen molar-refractivity contribution in [1.29, 1.82) is 0 Å². The van der Waals surface area contributed by atoms with E-state index in [1.54, 1.807) is 24.4 Å². The molecule has 1 unspecified atom stereocenters. The van der Waals surface area contributed by atoms with E-state index in [4.69, 9.17) is 0 Å². The highest BCUT2D eigenvalue weighted by Crippen LogP contribution is 2.35. The maximum Gasteiger partial charge on any atom is 0.269 e. The summed E-state index contributed by atoms with van der Waals surface area (Å²) in [5, 5.41) is 24.1. The van der Waals surface area contributed by atoms with Gasteiger partial charge in [0.05, 0.1) is 28.1 Å². The number of fused-ring (bicyclic) bond motifs is 1. The van der Waals surface area contributed by atoms with Gasteiger partial charge in [-0.25, -0.2) is 0 Å². The summed E-state index contributed by atoms with van der Waals surface area (Å²) in [5.74, 6) is -0.186. The number of aromatic amines is 1. The summed E-state index contributed by atoms with van der Waals surface area (Å²) < 4.78 is 0.837. The van der Waals surface area contributed by atoms with Gasteiger partial charge in [0.1, 0.15) is 6.17 Å². The fourth-order valence-corrected chi connectivity index (χ4v) is 3.73. The molecule has 0 saturated carbocycles. The summed E-state index contributed by atoms with van der Waals surface area (Å²) in [6.45, 7) is 1.93. The molecule has 4 rings (SSSR count). The van der Waals surface area contributed by atoms with Gasteiger partial charge in [0.2, 0.25) is 0 Å². The first kappa shape index (κ1) is 17.2. The molecule has 0 spiro atoms. The zero-order chi connectivity index (χ0) is 19.1. The predicted molar refractivity (Wildman–Crippen MR) is 103 cm³/mol. The van der Waals surface area contributed by atoms with E-state index in [-0.39, 0.29) is 11.6 Å². The van der Waals surface area contributed by atoms with Crippen molar-refractivity contribution in [2.45, 2.75) is 13.1 Å². The summed E-state index contributed by atoms with van der Waals surface area (Å²) in [7, 11) is 0. The quantitative estimate of drug-likeness (QED) is 0.433. The largest absolute Gasteiger partial charge is 0.361 e. The number of hydrogen-bond acceptors (Lipinski definition) is 5. The lowest BCUT2D eigenvalue weighted by molar-refractivity contribution is -0.384. The Bertz CT molecular complexity index is 1060. The number of aryl methyl sites for hydroxylation is 1. The number of carbonyl (C=O) groups is 1. The Labute approximate surface area is 162 Å². The van der Waals surface area contributed by atoms with Crippen LogP contribution in [0.1, 0.15) is 27.7 Å². The number of anilines is 1. The smallest absolute Gasteiger partial charge is 0.269 e. The number of nitrogens with one attached hydrogen (secondary N) is 3. The van der Waals surface area contributed by atoms with Gasteiger partial charge in [-0.15, -0.1) is 0 Å². The number of hydrogen-bond donors (Lipinski definition) is 3. The van der Waals surface area contributed by atoms with Crippen LogP contribution in [0.15, 0.2) is 47.1 Å². The Hall–Kier alpha value is -3.20. The number of carbonyl (C=O) groups excluding carboxylic acids is 1. The third kappa shape index (κ3) is 3.06. The molecule has 1 amide bonds. The first-order valence-corrected chi connectivity index (χ1v) is 8.89. The monoisotopic (exact) mass is 427 g/mol. The van der Waals surface area contributed by atoms with Crippen molar-refractivity contribution in [3.05, 3.63) is 73.9 Å². The lowest BCUT2D eigenvalue weighted by Crippen LogP contribution is -2.38. The fraction of sp³-hybridized carbons (Fsp3) is 0.111. The molecule has 0 aliphatic carbocycles. The second-order valence-corrected chi connectivity index (χ2v) is 7.12. The second-order valence-electron chi connectivity index (χ2n) is 6.20. The fourth-order valence-electron chi connectivity index (χ4n) is 3.15. The highest BCUT2D eigenvalue weighted by Gasteiger charge is 2.29. The van der Waals surface area contributed by atoms with Crippen molar-refractivity contribution >= 4 is 33.2 Å². The van der Waals surface area contributed by atoms with E-state index in [2.05, 4.69) is 36.8 Å². The van der Waals surface area contributed by atoms with Gasteiger partial charge < -0.3 is 10.6 Å². The molecule has 2 heterocycles. The van der Waals surface area contributed by atoms with Crippen molar-refractivity contribution in [2.75, 3.05) is 5.32 Å². The maximum atomic E-state index is 12.6. The van der Waals surface area contributed by atoms with Gasteiger partial charge in [-0.2, -0.15) is 5.10 Å². The third-order valence-electron chi connectivity index (χ3n) is 4.46. The first-order chi connectivity index (χ1) is 12.9. The number of non-ortho nitro benzene ring substituents is 1. The Morgan fingerprint density at radius 2 is 1.93 bits per heavy atom. The SMILES string of the molecule is Cc1cc(Br)cc2c1NC(c1cn[nH]c1-c1ccc([N+](=O)[O-])cc1)NC2=O. The molecule has 0 fully saturated rings. The minimum atomic E-state index is -0.478.